The number of hydrogen-bond acceptors (Lipinski definition) is 3. The monoisotopic (exact) mass is 239 g/mol. The van der Waals surface area contributed by atoms with Gasteiger partial charge < -0.3 is 9.84 Å². The summed E-state index contributed by atoms with van der Waals surface area (Å²) in [6.45, 7) is 3.76. The molecule has 1 aromatic rings. The Kier molecular flexibility index (Phi) is 4.17. The minimum Gasteiger partial charge on any atom is -0.492 e. The van der Waals surface area contributed by atoms with Gasteiger partial charge in [-0.2, -0.15) is 5.26 Å². The van der Waals surface area contributed by atoms with E-state index in [-0.39, 0.29) is 0 Å². The van der Waals surface area contributed by atoms with E-state index in [0.717, 1.165) is 0 Å². The Bertz CT molecular complexity index is 404. The highest BCUT2D eigenvalue weighted by Gasteiger charge is 2.13. The Morgan fingerprint density at radius 1 is 1.50 bits per heavy atom. The lowest BCUT2D eigenvalue weighted by Gasteiger charge is -2.17. The van der Waals surface area contributed by atoms with Gasteiger partial charge in [-0.1, -0.05) is 17.7 Å². The van der Waals surface area contributed by atoms with E-state index in [1.54, 1.807) is 32.0 Å². The number of rotatable bonds is 4. The lowest BCUT2D eigenvalue weighted by molar-refractivity contribution is 0.0553. The maximum Gasteiger partial charge on any atom is 0.138 e. The molecule has 0 heterocycles. The van der Waals surface area contributed by atoms with Crippen LogP contribution in [0.3, 0.4) is 0 Å². The van der Waals surface area contributed by atoms with Crippen molar-refractivity contribution in [1.82, 2.24) is 0 Å². The number of nitriles is 1. The molecule has 16 heavy (non-hydrogen) atoms. The second-order valence-electron chi connectivity index (χ2n) is 4.14. The molecule has 0 fully saturated rings. The van der Waals surface area contributed by atoms with Gasteiger partial charge in [-0.05, 0) is 26.0 Å². The van der Waals surface area contributed by atoms with Crippen LogP contribution in [0.1, 0.15) is 25.8 Å². The third kappa shape index (κ3) is 3.73. The van der Waals surface area contributed by atoms with Crippen molar-refractivity contribution in [2.24, 2.45) is 0 Å². The molecule has 0 radical (unpaired) electrons. The van der Waals surface area contributed by atoms with Gasteiger partial charge in [-0.15, -0.1) is 0 Å². The number of ether oxygens (including phenoxy) is 1. The quantitative estimate of drug-likeness (QED) is 0.879. The maximum absolute atomic E-state index is 9.51. The Morgan fingerprint density at radius 3 is 2.75 bits per heavy atom. The fraction of sp³-hybridized carbons (Fsp3) is 0.417. The van der Waals surface area contributed by atoms with Crippen LogP contribution in [-0.4, -0.2) is 17.3 Å². The topological polar surface area (TPSA) is 53.2 Å². The molecule has 1 N–H and O–H groups in total. The summed E-state index contributed by atoms with van der Waals surface area (Å²) >= 11 is 5.85. The maximum atomic E-state index is 9.51. The Morgan fingerprint density at radius 2 is 2.19 bits per heavy atom. The van der Waals surface area contributed by atoms with E-state index >= 15 is 0 Å². The zero-order chi connectivity index (χ0) is 12.2. The highest BCUT2D eigenvalue weighted by atomic mass is 35.5. The Labute approximate surface area is 100 Å². The van der Waals surface area contributed by atoms with Gasteiger partial charge in [0.2, 0.25) is 0 Å². The van der Waals surface area contributed by atoms with Crippen LogP contribution >= 0.6 is 11.6 Å². The molecule has 0 unspecified atom stereocenters. The van der Waals surface area contributed by atoms with Gasteiger partial charge in [-0.25, -0.2) is 0 Å². The zero-order valence-electron chi connectivity index (χ0n) is 9.33. The second kappa shape index (κ2) is 5.20. The average molecular weight is 240 g/mol. The van der Waals surface area contributed by atoms with Crippen LogP contribution in [0.5, 0.6) is 5.75 Å². The molecule has 3 nitrogen and oxygen atoms in total. The first-order chi connectivity index (χ1) is 7.44. The smallest absolute Gasteiger partial charge is 0.138 e. The molecular formula is C12H14ClNO2. The summed E-state index contributed by atoms with van der Waals surface area (Å²) in [5.74, 6) is 0.458. The van der Waals surface area contributed by atoms with Crippen molar-refractivity contribution in [3.8, 4) is 11.8 Å². The van der Waals surface area contributed by atoms with Gasteiger partial charge in [-0.3, -0.25) is 0 Å². The van der Waals surface area contributed by atoms with Crippen molar-refractivity contribution in [1.29, 1.82) is 5.26 Å². The molecule has 0 aliphatic rings. The highest BCUT2D eigenvalue weighted by molar-refractivity contribution is 6.31. The molecular weight excluding hydrogens is 226 g/mol. The number of hydrogen-bond donors (Lipinski definition) is 1. The minimum absolute atomic E-state index is 0.333. The van der Waals surface area contributed by atoms with Crippen LogP contribution < -0.4 is 4.74 Å². The third-order valence-corrected chi connectivity index (χ3v) is 2.37. The standard InChI is InChI=1S/C12H14ClNO2/c1-12(2,15)6-7-16-11-5-3-4-10(13)9(11)8-14/h3-5,15H,6-7H2,1-2H3. The van der Waals surface area contributed by atoms with Crippen LogP contribution in [-0.2, 0) is 0 Å². The predicted octanol–water partition coefficient (Wildman–Crippen LogP) is 2.75. The molecule has 0 saturated heterocycles. The van der Waals surface area contributed by atoms with Crippen LogP contribution in [0.2, 0.25) is 5.02 Å². The van der Waals surface area contributed by atoms with Crippen LogP contribution in [0, 0.1) is 11.3 Å². The number of benzene rings is 1. The van der Waals surface area contributed by atoms with E-state index in [2.05, 4.69) is 0 Å². The highest BCUT2D eigenvalue weighted by Crippen LogP contribution is 2.25. The van der Waals surface area contributed by atoms with E-state index < -0.39 is 5.60 Å². The molecule has 0 amide bonds. The van der Waals surface area contributed by atoms with Gasteiger partial charge >= 0.3 is 0 Å². The van der Waals surface area contributed by atoms with Crippen molar-refractivity contribution in [3.63, 3.8) is 0 Å². The minimum atomic E-state index is -0.772. The number of nitrogens with zero attached hydrogens (tertiary/aromatic N) is 1. The molecule has 0 spiro atoms. The van der Waals surface area contributed by atoms with Crippen molar-refractivity contribution >= 4 is 11.6 Å². The first kappa shape index (κ1) is 12.8. The largest absolute Gasteiger partial charge is 0.492 e. The molecule has 1 aromatic carbocycles. The van der Waals surface area contributed by atoms with E-state index in [0.29, 0.717) is 29.4 Å². The summed E-state index contributed by atoms with van der Waals surface area (Å²) in [5.41, 5.74) is -0.439. The van der Waals surface area contributed by atoms with E-state index in [1.165, 1.54) is 0 Å². The summed E-state index contributed by atoms with van der Waals surface area (Å²) in [5, 5.41) is 18.8. The first-order valence-corrected chi connectivity index (χ1v) is 5.35. The second-order valence-corrected chi connectivity index (χ2v) is 4.54. The van der Waals surface area contributed by atoms with Crippen LogP contribution in [0.25, 0.3) is 0 Å². The van der Waals surface area contributed by atoms with E-state index in [9.17, 15) is 5.11 Å². The van der Waals surface area contributed by atoms with Crippen molar-refractivity contribution in [2.45, 2.75) is 25.9 Å². The zero-order valence-corrected chi connectivity index (χ0v) is 10.1. The Balaban J connectivity index is 2.68. The van der Waals surface area contributed by atoms with Crippen molar-refractivity contribution in [2.75, 3.05) is 6.61 Å². The van der Waals surface area contributed by atoms with E-state index in [4.69, 9.17) is 21.6 Å². The van der Waals surface area contributed by atoms with Gasteiger partial charge in [0.1, 0.15) is 17.4 Å². The number of aliphatic hydroxyl groups is 1. The van der Waals surface area contributed by atoms with Crippen molar-refractivity contribution in [3.05, 3.63) is 28.8 Å². The lowest BCUT2D eigenvalue weighted by atomic mass is 10.1. The summed E-state index contributed by atoms with van der Waals surface area (Å²) in [6.07, 6.45) is 0.490. The molecule has 1 rings (SSSR count). The lowest BCUT2D eigenvalue weighted by Crippen LogP contribution is -2.21. The number of halogens is 1. The molecule has 0 aliphatic heterocycles. The fourth-order valence-electron chi connectivity index (χ4n) is 1.14. The average Bonchev–Trinajstić information content (AvgIpc) is 2.16. The molecule has 0 saturated carbocycles. The SMILES string of the molecule is CC(C)(O)CCOc1cccc(Cl)c1C#N. The molecule has 0 bridgehead atoms. The predicted molar refractivity (Wildman–Crippen MR) is 62.6 cm³/mol. The summed E-state index contributed by atoms with van der Waals surface area (Å²) < 4.78 is 5.42. The van der Waals surface area contributed by atoms with Crippen LogP contribution in [0.15, 0.2) is 18.2 Å². The Hall–Kier alpha value is -1.24. The van der Waals surface area contributed by atoms with Crippen molar-refractivity contribution < 1.29 is 9.84 Å². The molecule has 4 heteroatoms. The summed E-state index contributed by atoms with van der Waals surface area (Å²) in [6, 6.07) is 7.05. The van der Waals surface area contributed by atoms with Gasteiger partial charge in [0, 0.05) is 6.42 Å². The van der Waals surface area contributed by atoms with Gasteiger partial charge in [0.25, 0.3) is 0 Å². The first-order valence-electron chi connectivity index (χ1n) is 4.98. The summed E-state index contributed by atoms with van der Waals surface area (Å²) in [4.78, 5) is 0. The molecule has 0 aromatic heterocycles. The normalized spacial score (nSPS) is 10.9. The molecule has 0 aliphatic carbocycles. The fourth-order valence-corrected chi connectivity index (χ4v) is 1.35. The third-order valence-electron chi connectivity index (χ3n) is 2.06. The molecule has 86 valence electrons. The van der Waals surface area contributed by atoms with E-state index in [1.807, 2.05) is 6.07 Å². The van der Waals surface area contributed by atoms with Crippen LogP contribution in [0.4, 0.5) is 0 Å². The van der Waals surface area contributed by atoms with Gasteiger partial charge in [0.05, 0.1) is 17.2 Å². The summed E-state index contributed by atoms with van der Waals surface area (Å²) in [7, 11) is 0. The van der Waals surface area contributed by atoms with Gasteiger partial charge in [0.15, 0.2) is 0 Å². The molecule has 0 atom stereocenters.